The Kier molecular flexibility index (Phi) is 10.4. The van der Waals surface area contributed by atoms with Crippen LogP contribution in [-0.2, 0) is 9.03 Å². The van der Waals surface area contributed by atoms with Crippen LogP contribution >= 0.6 is 11.9 Å². The smallest absolute Gasteiger partial charge is 0.0916 e. The zero-order chi connectivity index (χ0) is 8.36. The van der Waals surface area contributed by atoms with E-state index in [4.69, 9.17) is 16.6 Å². The summed E-state index contributed by atoms with van der Waals surface area (Å²) in [5, 5.41) is 0. The van der Waals surface area contributed by atoms with Crippen molar-refractivity contribution in [1.82, 2.24) is 0 Å². The van der Waals surface area contributed by atoms with Crippen LogP contribution < -0.4 is 0 Å². The summed E-state index contributed by atoms with van der Waals surface area (Å²) in [6.45, 7) is 4.12. The van der Waals surface area contributed by atoms with Gasteiger partial charge >= 0.3 is 0 Å². The fraction of sp³-hybridized carbons (Fsp3) is 1.00. The molecule has 0 rings (SSSR count). The van der Waals surface area contributed by atoms with Crippen molar-refractivity contribution in [3.8, 4) is 0 Å². The van der Waals surface area contributed by atoms with Gasteiger partial charge in [0.2, 0.25) is 0 Å². The van der Waals surface area contributed by atoms with E-state index in [0.717, 1.165) is 13.0 Å². The van der Waals surface area contributed by atoms with Gasteiger partial charge in [0, 0.05) is 6.61 Å². The van der Waals surface area contributed by atoms with Crippen LogP contribution in [0, 0.1) is 0 Å². The Hall–Kier alpha value is 0.210. The van der Waals surface area contributed by atoms with Crippen LogP contribution in [0.25, 0.3) is 0 Å². The van der Waals surface area contributed by atoms with Gasteiger partial charge in [0.25, 0.3) is 0 Å². The number of ether oxygens (including phenoxy) is 1. The molecule has 0 unspecified atom stereocenters. The number of rotatable bonds is 8. The van der Waals surface area contributed by atoms with Crippen molar-refractivity contribution in [3.63, 3.8) is 0 Å². The van der Waals surface area contributed by atoms with Gasteiger partial charge in [-0.05, 0) is 6.42 Å². The molecule has 11 heavy (non-hydrogen) atoms. The second kappa shape index (κ2) is 10.2. The minimum Gasteiger partial charge on any atom is -0.379 e. The number of unbranched alkanes of at least 4 members (excludes halogenated alkanes) is 3. The van der Waals surface area contributed by atoms with Crippen molar-refractivity contribution in [2.45, 2.75) is 32.6 Å². The average Bonchev–Trinajstić information content (AvgIpc) is 2.03. The van der Waals surface area contributed by atoms with E-state index in [9.17, 15) is 0 Å². The van der Waals surface area contributed by atoms with Crippen LogP contribution in [0.15, 0.2) is 0 Å². The maximum absolute atomic E-state index is 5.21. The molecule has 0 saturated carbocycles. The van der Waals surface area contributed by atoms with E-state index in [2.05, 4.69) is 11.2 Å². The molecule has 0 N–H and O–H groups in total. The lowest BCUT2D eigenvalue weighted by molar-refractivity contribution is 0.101. The third-order valence-corrected chi connectivity index (χ3v) is 1.60. The summed E-state index contributed by atoms with van der Waals surface area (Å²) in [4.78, 5) is 0. The molecule has 68 valence electrons. The highest BCUT2D eigenvalue weighted by Crippen LogP contribution is 1.98. The Labute approximate surface area is 74.0 Å². The normalized spacial score (nSPS) is 10.4. The maximum atomic E-state index is 5.21. The third kappa shape index (κ3) is 10.2. The Morgan fingerprint density at radius 1 is 1.00 bits per heavy atom. The van der Waals surface area contributed by atoms with Gasteiger partial charge in [0.05, 0.1) is 25.1 Å². The molecule has 0 atom stereocenters. The van der Waals surface area contributed by atoms with Crippen molar-refractivity contribution in [1.29, 1.82) is 0 Å². The lowest BCUT2D eigenvalue weighted by atomic mass is 10.2. The molecule has 0 radical (unpaired) electrons. The molecule has 0 aromatic rings. The number of hydrogen-bond donors (Lipinski definition) is 0. The second-order valence-corrected chi connectivity index (χ2v) is 2.70. The molecule has 2 nitrogen and oxygen atoms in total. The van der Waals surface area contributed by atoms with E-state index in [-0.39, 0.29) is 0 Å². The zero-order valence-corrected chi connectivity index (χ0v) is 7.90. The molecule has 0 spiro atoms. The van der Waals surface area contributed by atoms with Gasteiger partial charge in [-0.2, -0.15) is 0 Å². The molecule has 0 bridgehead atoms. The number of hydrogen-bond acceptors (Lipinski definition) is 2. The molecule has 0 aliphatic rings. The van der Waals surface area contributed by atoms with E-state index >= 15 is 0 Å². The molecule has 0 aromatic heterocycles. The van der Waals surface area contributed by atoms with Crippen molar-refractivity contribution in [3.05, 3.63) is 0 Å². The Balaban J connectivity index is 2.69. The summed E-state index contributed by atoms with van der Waals surface area (Å²) in [7, 11) is 0. The van der Waals surface area contributed by atoms with Crippen molar-refractivity contribution in [2.75, 3.05) is 19.8 Å². The predicted molar refractivity (Wildman–Crippen MR) is 46.8 cm³/mol. The van der Waals surface area contributed by atoms with Crippen LogP contribution in [-0.4, -0.2) is 19.8 Å². The highest BCUT2D eigenvalue weighted by molar-refractivity contribution is 6.07. The number of halogens is 1. The predicted octanol–water partition coefficient (Wildman–Crippen LogP) is 2.75. The van der Waals surface area contributed by atoms with Crippen LogP contribution in [0.5, 0.6) is 0 Å². The molecule has 0 fully saturated rings. The molecule has 0 aromatic carbocycles. The highest BCUT2D eigenvalue weighted by atomic mass is 35.5. The Bertz CT molecular complexity index is 61.1. The van der Waals surface area contributed by atoms with Gasteiger partial charge < -0.3 is 4.74 Å². The molecule has 0 saturated heterocycles. The monoisotopic (exact) mass is 180 g/mol. The van der Waals surface area contributed by atoms with Gasteiger partial charge in [-0.15, -0.1) is 0 Å². The summed E-state index contributed by atoms with van der Waals surface area (Å²) in [6, 6.07) is 0. The van der Waals surface area contributed by atoms with E-state index in [1.807, 2.05) is 0 Å². The quantitative estimate of drug-likeness (QED) is 0.535. The SMILES string of the molecule is CCCCCCOCCOCl. The molecule has 0 aliphatic heterocycles. The first-order chi connectivity index (χ1) is 5.41. The molecule has 0 heterocycles. The lowest BCUT2D eigenvalue weighted by Crippen LogP contribution is -2.01. The van der Waals surface area contributed by atoms with E-state index in [1.54, 1.807) is 0 Å². The first kappa shape index (κ1) is 11.2. The van der Waals surface area contributed by atoms with Gasteiger partial charge in [-0.25, -0.2) is 0 Å². The van der Waals surface area contributed by atoms with E-state index in [1.165, 1.54) is 19.3 Å². The van der Waals surface area contributed by atoms with E-state index in [0.29, 0.717) is 13.2 Å². The first-order valence-electron chi connectivity index (χ1n) is 4.23. The maximum Gasteiger partial charge on any atom is 0.0916 e. The van der Waals surface area contributed by atoms with Crippen molar-refractivity contribution in [2.24, 2.45) is 0 Å². The molecule has 0 amide bonds. The minimum atomic E-state index is 0.481. The molecule has 0 aliphatic carbocycles. The van der Waals surface area contributed by atoms with Crippen LogP contribution in [0.4, 0.5) is 0 Å². The van der Waals surface area contributed by atoms with Crippen LogP contribution in [0.2, 0.25) is 0 Å². The summed E-state index contributed by atoms with van der Waals surface area (Å²) < 4.78 is 9.53. The summed E-state index contributed by atoms with van der Waals surface area (Å²) in [5.41, 5.74) is 0. The largest absolute Gasteiger partial charge is 0.379 e. The minimum absolute atomic E-state index is 0.481. The van der Waals surface area contributed by atoms with E-state index < -0.39 is 0 Å². The summed E-state index contributed by atoms with van der Waals surface area (Å²) >= 11 is 4.98. The van der Waals surface area contributed by atoms with Gasteiger partial charge in [-0.1, -0.05) is 26.2 Å². The topological polar surface area (TPSA) is 18.5 Å². The lowest BCUT2D eigenvalue weighted by Gasteiger charge is -2.01. The fourth-order valence-electron chi connectivity index (χ4n) is 0.823. The molecule has 3 heteroatoms. The molecular formula is C8H17ClO2. The summed E-state index contributed by atoms with van der Waals surface area (Å²) in [5.74, 6) is 0. The first-order valence-corrected chi connectivity index (χ1v) is 4.54. The highest BCUT2D eigenvalue weighted by Gasteiger charge is 1.88. The third-order valence-electron chi connectivity index (χ3n) is 1.45. The van der Waals surface area contributed by atoms with Crippen molar-refractivity contribution >= 4 is 11.9 Å². The van der Waals surface area contributed by atoms with Gasteiger partial charge in [-0.3, -0.25) is 4.29 Å². The Morgan fingerprint density at radius 3 is 2.45 bits per heavy atom. The van der Waals surface area contributed by atoms with Gasteiger partial charge in [0.1, 0.15) is 0 Å². The second-order valence-electron chi connectivity index (χ2n) is 2.49. The standard InChI is InChI=1S/C8H17ClO2/c1-2-3-4-5-6-10-7-8-11-9/h2-8H2,1H3. The molecular weight excluding hydrogens is 164 g/mol. The van der Waals surface area contributed by atoms with Crippen LogP contribution in [0.3, 0.4) is 0 Å². The fourth-order valence-corrected chi connectivity index (χ4v) is 0.886. The van der Waals surface area contributed by atoms with Gasteiger partial charge in [0.15, 0.2) is 0 Å². The summed E-state index contributed by atoms with van der Waals surface area (Å²) in [6.07, 6.45) is 4.98. The Morgan fingerprint density at radius 2 is 1.82 bits per heavy atom. The average molecular weight is 181 g/mol. The van der Waals surface area contributed by atoms with Crippen molar-refractivity contribution < 1.29 is 9.03 Å². The zero-order valence-electron chi connectivity index (χ0n) is 7.14. The van der Waals surface area contributed by atoms with Crippen LogP contribution in [0.1, 0.15) is 32.6 Å².